The van der Waals surface area contributed by atoms with Gasteiger partial charge in [-0.05, 0) is 29.8 Å². The molecule has 0 saturated heterocycles. The molecule has 2 rings (SSSR count). The molecule has 0 aliphatic carbocycles. The molecule has 0 unspecified atom stereocenters. The SMILES string of the molecule is CC(=O)Nc1ccc(/C=C/C(=O)Nc2cc(NC(C)=O)c(F)cc2F)cc1. The van der Waals surface area contributed by atoms with E-state index in [0.717, 1.165) is 6.07 Å². The number of rotatable bonds is 5. The standard InChI is InChI=1S/C19H17F2N3O3/c1-11(25)22-14-6-3-13(4-7-14)5-8-19(27)24-18-10-17(23-12(2)26)15(20)9-16(18)21/h3-10H,1-2H3,(H,22,25)(H,23,26)(H,24,27)/b8-5+. The van der Waals surface area contributed by atoms with E-state index < -0.39 is 23.4 Å². The van der Waals surface area contributed by atoms with Crippen molar-refractivity contribution in [3.63, 3.8) is 0 Å². The van der Waals surface area contributed by atoms with E-state index in [2.05, 4.69) is 16.0 Å². The van der Waals surface area contributed by atoms with Crippen LogP contribution in [0, 0.1) is 11.6 Å². The molecule has 3 amide bonds. The molecule has 0 fully saturated rings. The van der Waals surface area contributed by atoms with Crippen molar-refractivity contribution in [3.8, 4) is 0 Å². The van der Waals surface area contributed by atoms with Crippen LogP contribution in [0.2, 0.25) is 0 Å². The molecule has 0 bridgehead atoms. The van der Waals surface area contributed by atoms with Crippen LogP contribution < -0.4 is 16.0 Å². The highest BCUT2D eigenvalue weighted by molar-refractivity contribution is 6.02. The van der Waals surface area contributed by atoms with Gasteiger partial charge < -0.3 is 16.0 Å². The number of carbonyl (C=O) groups excluding carboxylic acids is 3. The third kappa shape index (κ3) is 6.03. The fourth-order valence-corrected chi connectivity index (χ4v) is 2.16. The molecular weight excluding hydrogens is 356 g/mol. The van der Waals surface area contributed by atoms with Crippen LogP contribution in [0.1, 0.15) is 19.4 Å². The Kier molecular flexibility index (Phi) is 6.37. The van der Waals surface area contributed by atoms with Crippen molar-refractivity contribution < 1.29 is 23.2 Å². The highest BCUT2D eigenvalue weighted by Crippen LogP contribution is 2.23. The summed E-state index contributed by atoms with van der Waals surface area (Å²) in [6.45, 7) is 2.57. The zero-order valence-electron chi connectivity index (χ0n) is 14.6. The molecule has 3 N–H and O–H groups in total. The lowest BCUT2D eigenvalue weighted by atomic mass is 10.2. The van der Waals surface area contributed by atoms with E-state index in [0.29, 0.717) is 17.3 Å². The Morgan fingerprint density at radius 3 is 1.93 bits per heavy atom. The normalized spacial score (nSPS) is 10.5. The number of amides is 3. The van der Waals surface area contributed by atoms with Gasteiger partial charge in [-0.3, -0.25) is 14.4 Å². The summed E-state index contributed by atoms with van der Waals surface area (Å²) in [4.78, 5) is 34.0. The van der Waals surface area contributed by atoms with Crippen LogP contribution in [0.3, 0.4) is 0 Å². The summed E-state index contributed by atoms with van der Waals surface area (Å²) in [7, 11) is 0. The van der Waals surface area contributed by atoms with Crippen molar-refractivity contribution in [1.29, 1.82) is 0 Å². The van der Waals surface area contributed by atoms with Gasteiger partial charge in [-0.2, -0.15) is 0 Å². The molecule has 140 valence electrons. The Balaban J connectivity index is 2.07. The Morgan fingerprint density at radius 1 is 0.815 bits per heavy atom. The fraction of sp³-hybridized carbons (Fsp3) is 0.105. The molecule has 0 radical (unpaired) electrons. The first-order chi connectivity index (χ1) is 12.7. The maximum absolute atomic E-state index is 13.8. The fourth-order valence-electron chi connectivity index (χ4n) is 2.16. The van der Waals surface area contributed by atoms with E-state index in [9.17, 15) is 23.2 Å². The third-order valence-electron chi connectivity index (χ3n) is 3.28. The Bertz CT molecular complexity index is 909. The summed E-state index contributed by atoms with van der Waals surface area (Å²) in [5, 5.41) is 7.11. The predicted octanol–water partition coefficient (Wildman–Crippen LogP) is 3.53. The summed E-state index contributed by atoms with van der Waals surface area (Å²) in [5.74, 6) is -3.28. The molecule has 6 nitrogen and oxygen atoms in total. The van der Waals surface area contributed by atoms with Crippen LogP contribution in [-0.2, 0) is 14.4 Å². The van der Waals surface area contributed by atoms with Crippen LogP contribution in [-0.4, -0.2) is 17.7 Å². The largest absolute Gasteiger partial charge is 0.326 e. The van der Waals surface area contributed by atoms with Crippen LogP contribution in [0.15, 0.2) is 42.5 Å². The molecular formula is C19H17F2N3O3. The predicted molar refractivity (Wildman–Crippen MR) is 99.1 cm³/mol. The van der Waals surface area contributed by atoms with Gasteiger partial charge in [-0.25, -0.2) is 8.78 Å². The quantitative estimate of drug-likeness (QED) is 0.701. The van der Waals surface area contributed by atoms with Gasteiger partial charge in [0.2, 0.25) is 17.7 Å². The van der Waals surface area contributed by atoms with Crippen LogP contribution in [0.4, 0.5) is 25.8 Å². The lowest BCUT2D eigenvalue weighted by molar-refractivity contribution is -0.115. The van der Waals surface area contributed by atoms with Gasteiger partial charge in [-0.15, -0.1) is 0 Å². The molecule has 0 aromatic heterocycles. The summed E-state index contributed by atoms with van der Waals surface area (Å²) >= 11 is 0. The summed E-state index contributed by atoms with van der Waals surface area (Å²) in [6.07, 6.45) is 2.66. The summed E-state index contributed by atoms with van der Waals surface area (Å²) in [5.41, 5.74) is 0.785. The lowest BCUT2D eigenvalue weighted by Crippen LogP contribution is -2.12. The Morgan fingerprint density at radius 2 is 1.37 bits per heavy atom. The molecule has 8 heteroatoms. The van der Waals surface area contributed by atoms with Gasteiger partial charge in [0.15, 0.2) is 0 Å². The maximum Gasteiger partial charge on any atom is 0.248 e. The summed E-state index contributed by atoms with van der Waals surface area (Å²) < 4.78 is 27.4. The van der Waals surface area contributed by atoms with E-state index >= 15 is 0 Å². The van der Waals surface area contributed by atoms with Gasteiger partial charge in [0.05, 0.1) is 11.4 Å². The molecule has 27 heavy (non-hydrogen) atoms. The first-order valence-corrected chi connectivity index (χ1v) is 7.88. The number of anilines is 3. The second kappa shape index (κ2) is 8.70. The molecule has 2 aromatic carbocycles. The average molecular weight is 373 g/mol. The minimum Gasteiger partial charge on any atom is -0.326 e. The molecule has 0 atom stereocenters. The molecule has 0 aliphatic rings. The second-order valence-electron chi connectivity index (χ2n) is 5.62. The molecule has 0 saturated carbocycles. The topological polar surface area (TPSA) is 87.3 Å². The van der Waals surface area contributed by atoms with Crippen molar-refractivity contribution in [2.45, 2.75) is 13.8 Å². The highest BCUT2D eigenvalue weighted by atomic mass is 19.1. The Hall–Kier alpha value is -3.55. The molecule has 0 spiro atoms. The smallest absolute Gasteiger partial charge is 0.248 e. The number of nitrogens with one attached hydrogen (secondary N) is 3. The van der Waals surface area contributed by atoms with Gasteiger partial charge in [-0.1, -0.05) is 12.1 Å². The number of benzene rings is 2. The molecule has 0 heterocycles. The van der Waals surface area contributed by atoms with Crippen LogP contribution in [0.5, 0.6) is 0 Å². The van der Waals surface area contributed by atoms with E-state index in [1.54, 1.807) is 24.3 Å². The van der Waals surface area contributed by atoms with Crippen molar-refractivity contribution in [2.75, 3.05) is 16.0 Å². The number of halogens is 2. The molecule has 0 aliphatic heterocycles. The highest BCUT2D eigenvalue weighted by Gasteiger charge is 2.12. The van der Waals surface area contributed by atoms with E-state index in [1.165, 1.54) is 26.0 Å². The van der Waals surface area contributed by atoms with E-state index in [-0.39, 0.29) is 17.3 Å². The van der Waals surface area contributed by atoms with E-state index in [4.69, 9.17) is 0 Å². The first-order valence-electron chi connectivity index (χ1n) is 7.88. The van der Waals surface area contributed by atoms with Crippen LogP contribution >= 0.6 is 0 Å². The van der Waals surface area contributed by atoms with Crippen molar-refractivity contribution in [1.82, 2.24) is 0 Å². The van der Waals surface area contributed by atoms with Gasteiger partial charge in [0.25, 0.3) is 0 Å². The maximum atomic E-state index is 13.8. The van der Waals surface area contributed by atoms with Gasteiger partial charge >= 0.3 is 0 Å². The number of carbonyl (C=O) groups is 3. The number of hydrogen-bond donors (Lipinski definition) is 3. The minimum absolute atomic E-state index is 0.197. The first kappa shape index (κ1) is 19.8. The van der Waals surface area contributed by atoms with Crippen molar-refractivity contribution in [2.24, 2.45) is 0 Å². The average Bonchev–Trinajstić information content (AvgIpc) is 2.57. The second-order valence-corrected chi connectivity index (χ2v) is 5.62. The third-order valence-corrected chi connectivity index (χ3v) is 3.28. The Labute approximate surface area is 154 Å². The van der Waals surface area contributed by atoms with E-state index in [1.807, 2.05) is 0 Å². The number of hydrogen-bond acceptors (Lipinski definition) is 3. The van der Waals surface area contributed by atoms with Crippen molar-refractivity contribution in [3.05, 3.63) is 59.7 Å². The van der Waals surface area contributed by atoms with Gasteiger partial charge in [0, 0.05) is 31.7 Å². The monoisotopic (exact) mass is 373 g/mol. The zero-order valence-corrected chi connectivity index (χ0v) is 14.6. The molecule has 2 aromatic rings. The lowest BCUT2D eigenvalue weighted by Gasteiger charge is -2.09. The minimum atomic E-state index is -0.969. The van der Waals surface area contributed by atoms with Gasteiger partial charge in [0.1, 0.15) is 11.6 Å². The zero-order chi connectivity index (χ0) is 20.0. The van der Waals surface area contributed by atoms with Crippen LogP contribution in [0.25, 0.3) is 6.08 Å². The van der Waals surface area contributed by atoms with Crippen molar-refractivity contribution >= 4 is 40.9 Å². The summed E-state index contributed by atoms with van der Waals surface area (Å²) in [6, 6.07) is 8.27.